The van der Waals surface area contributed by atoms with Crippen molar-refractivity contribution in [2.75, 3.05) is 39.8 Å². The van der Waals surface area contributed by atoms with Crippen LogP contribution >= 0.6 is 0 Å². The molecule has 1 amide bonds. The van der Waals surface area contributed by atoms with Crippen LogP contribution in [0.5, 0.6) is 0 Å². The molecule has 2 aliphatic rings. The molecule has 2 rings (SSSR count). The molecule has 1 aliphatic heterocycles. The van der Waals surface area contributed by atoms with E-state index in [1.54, 1.807) is 0 Å². The van der Waals surface area contributed by atoms with Gasteiger partial charge in [-0.1, -0.05) is 6.92 Å². The van der Waals surface area contributed by atoms with Crippen LogP contribution in [0.15, 0.2) is 0 Å². The number of amides is 1. The number of likely N-dealkylation sites (N-methyl/N-ethyl adjacent to an activating group) is 1. The maximum atomic E-state index is 12.0. The Kier molecular flexibility index (Phi) is 3.82. The molecule has 1 aliphatic carbocycles. The molecule has 0 bridgehead atoms. The average molecular weight is 225 g/mol. The van der Waals surface area contributed by atoms with E-state index < -0.39 is 0 Å². The lowest BCUT2D eigenvalue weighted by Gasteiger charge is -2.40. The van der Waals surface area contributed by atoms with Crippen LogP contribution in [0.1, 0.15) is 19.8 Å². The third kappa shape index (κ3) is 2.74. The highest BCUT2D eigenvalue weighted by atomic mass is 16.2. The molecule has 0 atom stereocenters. The van der Waals surface area contributed by atoms with E-state index in [2.05, 4.69) is 24.2 Å². The van der Waals surface area contributed by atoms with Crippen LogP contribution < -0.4 is 5.32 Å². The molecule has 0 aromatic heterocycles. The molecule has 0 spiro atoms. The fourth-order valence-electron chi connectivity index (χ4n) is 2.58. The minimum atomic E-state index is 0.295. The molecule has 1 N–H and O–H groups in total. The van der Waals surface area contributed by atoms with Gasteiger partial charge in [-0.2, -0.15) is 0 Å². The molecule has 2 fully saturated rings. The van der Waals surface area contributed by atoms with E-state index in [1.165, 1.54) is 12.8 Å². The molecule has 1 heterocycles. The second kappa shape index (κ2) is 5.15. The highest BCUT2D eigenvalue weighted by molar-refractivity contribution is 5.78. The number of hydrogen-bond acceptors (Lipinski definition) is 3. The monoisotopic (exact) mass is 225 g/mol. The first-order chi connectivity index (χ1) is 7.66. The Labute approximate surface area is 98.0 Å². The summed E-state index contributed by atoms with van der Waals surface area (Å²) in [7, 11) is 2.08. The SMILES string of the molecule is CC1CC(N(C)CC(=O)N2CCNCC2)C1. The van der Waals surface area contributed by atoms with Gasteiger partial charge in [-0.25, -0.2) is 0 Å². The lowest BCUT2D eigenvalue weighted by Crippen LogP contribution is -2.51. The van der Waals surface area contributed by atoms with Gasteiger partial charge in [-0.05, 0) is 25.8 Å². The Balaban J connectivity index is 1.73. The van der Waals surface area contributed by atoms with Crippen molar-refractivity contribution in [2.45, 2.75) is 25.8 Å². The quantitative estimate of drug-likeness (QED) is 0.742. The van der Waals surface area contributed by atoms with Crippen molar-refractivity contribution in [3.8, 4) is 0 Å². The summed E-state index contributed by atoms with van der Waals surface area (Å²) in [6.07, 6.45) is 2.51. The molecule has 92 valence electrons. The molecular weight excluding hydrogens is 202 g/mol. The second-order valence-electron chi connectivity index (χ2n) is 5.28. The predicted octanol–water partition coefficient (Wildman–Crippen LogP) is 0.149. The van der Waals surface area contributed by atoms with Gasteiger partial charge in [0.1, 0.15) is 0 Å². The van der Waals surface area contributed by atoms with Crippen molar-refractivity contribution in [1.29, 1.82) is 0 Å². The molecule has 1 saturated carbocycles. The first kappa shape index (κ1) is 11.9. The van der Waals surface area contributed by atoms with E-state index >= 15 is 0 Å². The third-order valence-corrected chi connectivity index (χ3v) is 3.83. The highest BCUT2D eigenvalue weighted by Crippen LogP contribution is 2.30. The van der Waals surface area contributed by atoms with Gasteiger partial charge >= 0.3 is 0 Å². The zero-order valence-electron chi connectivity index (χ0n) is 10.4. The molecule has 4 heteroatoms. The van der Waals surface area contributed by atoms with Gasteiger partial charge in [0.25, 0.3) is 0 Å². The topological polar surface area (TPSA) is 35.6 Å². The van der Waals surface area contributed by atoms with Crippen LogP contribution in [0, 0.1) is 5.92 Å². The zero-order valence-corrected chi connectivity index (χ0v) is 10.4. The Hall–Kier alpha value is -0.610. The molecule has 0 aromatic carbocycles. The van der Waals surface area contributed by atoms with Crippen molar-refractivity contribution in [1.82, 2.24) is 15.1 Å². The van der Waals surface area contributed by atoms with E-state index in [4.69, 9.17) is 0 Å². The number of piperazine rings is 1. The Morgan fingerprint density at radius 2 is 2.00 bits per heavy atom. The van der Waals surface area contributed by atoms with Crippen molar-refractivity contribution in [3.05, 3.63) is 0 Å². The number of nitrogens with zero attached hydrogens (tertiary/aromatic N) is 2. The molecule has 0 unspecified atom stereocenters. The lowest BCUT2D eigenvalue weighted by molar-refractivity contribution is -0.133. The minimum absolute atomic E-state index is 0.295. The number of carbonyl (C=O) groups excluding carboxylic acids is 1. The maximum Gasteiger partial charge on any atom is 0.236 e. The molecule has 1 saturated heterocycles. The summed E-state index contributed by atoms with van der Waals surface area (Å²) in [5.74, 6) is 1.14. The van der Waals surface area contributed by atoms with Crippen LogP contribution in [-0.2, 0) is 4.79 Å². The van der Waals surface area contributed by atoms with Gasteiger partial charge in [0, 0.05) is 32.2 Å². The normalized spacial score (nSPS) is 30.3. The van der Waals surface area contributed by atoms with Crippen LogP contribution in [-0.4, -0.2) is 61.5 Å². The van der Waals surface area contributed by atoms with Gasteiger partial charge in [0.05, 0.1) is 6.54 Å². The van der Waals surface area contributed by atoms with Crippen molar-refractivity contribution in [2.24, 2.45) is 5.92 Å². The second-order valence-corrected chi connectivity index (χ2v) is 5.28. The van der Waals surface area contributed by atoms with Gasteiger partial charge < -0.3 is 10.2 Å². The average Bonchev–Trinajstić information content (AvgIpc) is 2.26. The van der Waals surface area contributed by atoms with Crippen molar-refractivity contribution in [3.63, 3.8) is 0 Å². The molecule has 4 nitrogen and oxygen atoms in total. The minimum Gasteiger partial charge on any atom is -0.339 e. The number of hydrogen-bond donors (Lipinski definition) is 1. The van der Waals surface area contributed by atoms with Crippen LogP contribution in [0.25, 0.3) is 0 Å². The Morgan fingerprint density at radius 1 is 1.38 bits per heavy atom. The summed E-state index contributed by atoms with van der Waals surface area (Å²) in [6, 6.07) is 0.641. The van der Waals surface area contributed by atoms with Gasteiger partial charge in [0.15, 0.2) is 0 Å². The van der Waals surface area contributed by atoms with Crippen LogP contribution in [0.2, 0.25) is 0 Å². The molecule has 0 radical (unpaired) electrons. The van der Waals surface area contributed by atoms with E-state index in [0.29, 0.717) is 18.5 Å². The summed E-state index contributed by atoms with van der Waals surface area (Å²) < 4.78 is 0. The Morgan fingerprint density at radius 3 is 2.56 bits per heavy atom. The summed E-state index contributed by atoms with van der Waals surface area (Å²) in [5, 5.41) is 3.27. The maximum absolute atomic E-state index is 12.0. The number of rotatable bonds is 3. The highest BCUT2D eigenvalue weighted by Gasteiger charge is 2.30. The van der Waals surface area contributed by atoms with E-state index in [0.717, 1.165) is 32.1 Å². The first-order valence-corrected chi connectivity index (χ1v) is 6.35. The van der Waals surface area contributed by atoms with Crippen molar-refractivity contribution < 1.29 is 4.79 Å². The lowest BCUT2D eigenvalue weighted by atomic mass is 9.81. The van der Waals surface area contributed by atoms with Crippen LogP contribution in [0.4, 0.5) is 0 Å². The van der Waals surface area contributed by atoms with Gasteiger partial charge in [0.2, 0.25) is 5.91 Å². The summed E-state index contributed by atoms with van der Waals surface area (Å²) in [6.45, 7) is 6.49. The Bertz CT molecular complexity index is 245. The fraction of sp³-hybridized carbons (Fsp3) is 0.917. The van der Waals surface area contributed by atoms with E-state index in [-0.39, 0.29) is 0 Å². The predicted molar refractivity (Wildman–Crippen MR) is 64.3 cm³/mol. The zero-order chi connectivity index (χ0) is 11.5. The summed E-state index contributed by atoms with van der Waals surface area (Å²) in [5.41, 5.74) is 0. The number of nitrogens with one attached hydrogen (secondary N) is 1. The molecule has 0 aromatic rings. The largest absolute Gasteiger partial charge is 0.339 e. The number of carbonyl (C=O) groups is 1. The third-order valence-electron chi connectivity index (χ3n) is 3.83. The van der Waals surface area contributed by atoms with E-state index in [1.807, 2.05) is 4.90 Å². The van der Waals surface area contributed by atoms with Crippen molar-refractivity contribution >= 4 is 5.91 Å². The smallest absolute Gasteiger partial charge is 0.236 e. The van der Waals surface area contributed by atoms with E-state index in [9.17, 15) is 4.79 Å². The molecular formula is C12H23N3O. The summed E-state index contributed by atoms with van der Waals surface area (Å²) in [4.78, 5) is 16.2. The van der Waals surface area contributed by atoms with Gasteiger partial charge in [-0.15, -0.1) is 0 Å². The van der Waals surface area contributed by atoms with Gasteiger partial charge in [-0.3, -0.25) is 9.69 Å². The fourth-order valence-corrected chi connectivity index (χ4v) is 2.58. The first-order valence-electron chi connectivity index (χ1n) is 6.35. The molecule has 16 heavy (non-hydrogen) atoms. The summed E-state index contributed by atoms with van der Waals surface area (Å²) >= 11 is 0. The van der Waals surface area contributed by atoms with Crippen LogP contribution in [0.3, 0.4) is 0 Å². The standard InChI is InChI=1S/C12H23N3O/c1-10-7-11(8-10)14(2)9-12(16)15-5-3-13-4-6-15/h10-11,13H,3-9H2,1-2H3.